The monoisotopic (exact) mass is 306 g/mol. The summed E-state index contributed by atoms with van der Waals surface area (Å²) in [7, 11) is 3.28. The second kappa shape index (κ2) is 7.58. The van der Waals surface area contributed by atoms with Gasteiger partial charge in [-0.15, -0.1) is 0 Å². The van der Waals surface area contributed by atoms with Crippen molar-refractivity contribution in [2.75, 3.05) is 19.1 Å². The van der Waals surface area contributed by atoms with Gasteiger partial charge in [0, 0.05) is 13.2 Å². The Bertz CT molecular complexity index is 506. The van der Waals surface area contributed by atoms with Crippen molar-refractivity contribution < 1.29 is 14.3 Å². The quantitative estimate of drug-likeness (QED) is 0.839. The first-order valence-corrected chi connectivity index (χ1v) is 7.95. The molecule has 1 aromatic rings. The summed E-state index contributed by atoms with van der Waals surface area (Å²) in [6, 6.07) is 3.61. The second-order valence-electron chi connectivity index (χ2n) is 6.10. The normalized spacial score (nSPS) is 22.9. The van der Waals surface area contributed by atoms with E-state index in [1.54, 1.807) is 31.3 Å². The van der Waals surface area contributed by atoms with Gasteiger partial charge in [-0.05, 0) is 37.8 Å². The molecule has 0 aliphatic heterocycles. The highest BCUT2D eigenvalue weighted by Gasteiger charge is 2.27. The van der Waals surface area contributed by atoms with E-state index in [2.05, 4.69) is 11.9 Å². The number of methoxy groups -OCH3 is 1. The van der Waals surface area contributed by atoms with E-state index in [0.29, 0.717) is 17.5 Å². The number of ether oxygens (including phenoxy) is 2. The van der Waals surface area contributed by atoms with Crippen LogP contribution in [0, 0.1) is 5.92 Å². The van der Waals surface area contributed by atoms with Crippen molar-refractivity contribution in [2.45, 2.75) is 51.7 Å². The van der Waals surface area contributed by atoms with Crippen LogP contribution < -0.4 is 9.64 Å². The van der Waals surface area contributed by atoms with Gasteiger partial charge in [-0.3, -0.25) is 4.79 Å². The Morgan fingerprint density at radius 1 is 1.45 bits per heavy atom. The number of carbonyl (C=O) groups is 1. The van der Waals surface area contributed by atoms with Crippen LogP contribution in [-0.2, 0) is 9.53 Å². The molecule has 0 aromatic carbocycles. The van der Waals surface area contributed by atoms with Crippen molar-refractivity contribution in [1.82, 2.24) is 4.98 Å². The molecule has 0 saturated heterocycles. The van der Waals surface area contributed by atoms with E-state index in [0.717, 1.165) is 12.8 Å². The number of rotatable bonds is 5. The molecular formula is C17H26N2O3. The zero-order valence-corrected chi connectivity index (χ0v) is 13.9. The number of aromatic nitrogens is 1. The van der Waals surface area contributed by atoms with Crippen LogP contribution in [0.1, 0.15) is 39.5 Å². The summed E-state index contributed by atoms with van der Waals surface area (Å²) in [6.45, 7) is 4.07. The molecule has 3 atom stereocenters. The Morgan fingerprint density at radius 2 is 2.23 bits per heavy atom. The minimum Gasteiger partial charge on any atom is -0.480 e. The van der Waals surface area contributed by atoms with Crippen LogP contribution in [0.15, 0.2) is 18.3 Å². The van der Waals surface area contributed by atoms with Gasteiger partial charge in [0.15, 0.2) is 0 Å². The lowest BCUT2D eigenvalue weighted by atomic mass is 9.88. The van der Waals surface area contributed by atoms with Crippen LogP contribution >= 0.6 is 0 Å². The van der Waals surface area contributed by atoms with Gasteiger partial charge >= 0.3 is 0 Å². The molecule has 5 nitrogen and oxygen atoms in total. The lowest BCUT2D eigenvalue weighted by molar-refractivity contribution is -0.134. The largest absolute Gasteiger partial charge is 0.480 e. The number of hydrogen-bond acceptors (Lipinski definition) is 4. The summed E-state index contributed by atoms with van der Waals surface area (Å²) < 4.78 is 11.2. The average Bonchev–Trinajstić information content (AvgIpc) is 2.53. The van der Waals surface area contributed by atoms with E-state index in [1.165, 1.54) is 12.8 Å². The molecule has 0 spiro atoms. The first-order valence-electron chi connectivity index (χ1n) is 7.95. The maximum atomic E-state index is 12.6. The predicted molar refractivity (Wildman–Crippen MR) is 86.2 cm³/mol. The average molecular weight is 306 g/mol. The molecule has 1 saturated carbocycles. The van der Waals surface area contributed by atoms with E-state index in [9.17, 15) is 4.79 Å². The first kappa shape index (κ1) is 16.7. The molecule has 1 heterocycles. The van der Waals surface area contributed by atoms with Gasteiger partial charge < -0.3 is 14.4 Å². The number of anilines is 1. The van der Waals surface area contributed by atoms with Gasteiger partial charge in [0.1, 0.15) is 11.8 Å². The fourth-order valence-corrected chi connectivity index (χ4v) is 3.04. The molecule has 0 radical (unpaired) electrons. The summed E-state index contributed by atoms with van der Waals surface area (Å²) in [5.41, 5.74) is 0.655. The Morgan fingerprint density at radius 3 is 2.91 bits per heavy atom. The smallest absolute Gasteiger partial charge is 0.255 e. The number of likely N-dealkylation sites (N-methyl/N-ethyl adjacent to an activating group) is 1. The fraction of sp³-hybridized carbons (Fsp3) is 0.647. The Labute approximate surface area is 132 Å². The summed E-state index contributed by atoms with van der Waals surface area (Å²) in [5, 5.41) is 0. The SMILES string of the molecule is COc1ncccc1N(C)C(=O)[C@H](C)O[C@@H]1CCC[C@H](C)C1. The van der Waals surface area contributed by atoms with Crippen LogP contribution in [0.4, 0.5) is 5.69 Å². The van der Waals surface area contributed by atoms with Crippen molar-refractivity contribution in [1.29, 1.82) is 0 Å². The molecule has 5 heteroatoms. The highest BCUT2D eigenvalue weighted by atomic mass is 16.5. The maximum absolute atomic E-state index is 12.6. The first-order chi connectivity index (χ1) is 10.5. The second-order valence-corrected chi connectivity index (χ2v) is 6.10. The zero-order valence-electron chi connectivity index (χ0n) is 13.9. The number of amides is 1. The molecule has 0 N–H and O–H groups in total. The zero-order chi connectivity index (χ0) is 16.1. The van der Waals surface area contributed by atoms with Crippen molar-refractivity contribution in [3.05, 3.63) is 18.3 Å². The molecular weight excluding hydrogens is 280 g/mol. The summed E-state index contributed by atoms with van der Waals surface area (Å²) >= 11 is 0. The molecule has 22 heavy (non-hydrogen) atoms. The van der Waals surface area contributed by atoms with E-state index < -0.39 is 6.10 Å². The molecule has 122 valence electrons. The number of nitrogens with zero attached hydrogens (tertiary/aromatic N) is 2. The van der Waals surface area contributed by atoms with Crippen molar-refractivity contribution >= 4 is 11.6 Å². The highest BCUT2D eigenvalue weighted by Crippen LogP contribution is 2.28. The van der Waals surface area contributed by atoms with Crippen LogP contribution in [0.25, 0.3) is 0 Å². The predicted octanol–water partition coefficient (Wildman–Crippen LogP) is 3.04. The van der Waals surface area contributed by atoms with Gasteiger partial charge in [-0.25, -0.2) is 4.98 Å². The minimum absolute atomic E-state index is 0.0791. The summed E-state index contributed by atoms with van der Waals surface area (Å²) in [5.74, 6) is 1.04. The van der Waals surface area contributed by atoms with E-state index in [1.807, 2.05) is 13.0 Å². The van der Waals surface area contributed by atoms with Crippen molar-refractivity contribution in [2.24, 2.45) is 5.92 Å². The molecule has 0 bridgehead atoms. The standard InChI is InChI=1S/C17H26N2O3/c1-12-7-5-8-14(11-12)22-13(2)17(20)19(3)15-9-6-10-18-16(15)21-4/h6,9-10,12-14H,5,7-8,11H2,1-4H3/t12-,13-,14+/m0/s1. The molecule has 0 unspecified atom stereocenters. The number of hydrogen-bond donors (Lipinski definition) is 0. The Balaban J connectivity index is 2.00. The van der Waals surface area contributed by atoms with E-state index >= 15 is 0 Å². The maximum Gasteiger partial charge on any atom is 0.255 e. The highest BCUT2D eigenvalue weighted by molar-refractivity contribution is 5.96. The van der Waals surface area contributed by atoms with Gasteiger partial charge in [0.2, 0.25) is 5.88 Å². The molecule has 1 fully saturated rings. The lowest BCUT2D eigenvalue weighted by Crippen LogP contribution is -2.39. The summed E-state index contributed by atoms with van der Waals surface area (Å²) in [4.78, 5) is 18.3. The van der Waals surface area contributed by atoms with E-state index in [-0.39, 0.29) is 12.0 Å². The minimum atomic E-state index is -0.467. The molecule has 1 amide bonds. The van der Waals surface area contributed by atoms with Gasteiger partial charge in [0.05, 0.1) is 13.2 Å². The van der Waals surface area contributed by atoms with E-state index in [4.69, 9.17) is 9.47 Å². The van der Waals surface area contributed by atoms with Crippen LogP contribution in [0.3, 0.4) is 0 Å². The third-order valence-corrected chi connectivity index (χ3v) is 4.27. The molecule has 1 aromatic heterocycles. The topological polar surface area (TPSA) is 51.7 Å². The van der Waals surface area contributed by atoms with Gasteiger partial charge in [-0.2, -0.15) is 0 Å². The number of carbonyl (C=O) groups excluding carboxylic acids is 1. The Kier molecular flexibility index (Phi) is 5.77. The summed E-state index contributed by atoms with van der Waals surface area (Å²) in [6.07, 6.45) is 5.88. The van der Waals surface area contributed by atoms with Crippen LogP contribution in [0.2, 0.25) is 0 Å². The Hall–Kier alpha value is -1.62. The van der Waals surface area contributed by atoms with Crippen LogP contribution in [-0.4, -0.2) is 37.3 Å². The fourth-order valence-electron chi connectivity index (χ4n) is 3.04. The van der Waals surface area contributed by atoms with Crippen molar-refractivity contribution in [3.8, 4) is 5.88 Å². The lowest BCUT2D eigenvalue weighted by Gasteiger charge is -2.30. The third kappa shape index (κ3) is 3.97. The van der Waals surface area contributed by atoms with Crippen LogP contribution in [0.5, 0.6) is 5.88 Å². The number of pyridine rings is 1. The third-order valence-electron chi connectivity index (χ3n) is 4.27. The van der Waals surface area contributed by atoms with Gasteiger partial charge in [0.25, 0.3) is 5.91 Å². The molecule has 2 rings (SSSR count). The van der Waals surface area contributed by atoms with Crippen molar-refractivity contribution in [3.63, 3.8) is 0 Å². The molecule has 1 aliphatic rings. The molecule has 1 aliphatic carbocycles. The van der Waals surface area contributed by atoms with Gasteiger partial charge in [-0.1, -0.05) is 19.8 Å².